The third-order valence-corrected chi connectivity index (χ3v) is 9.47. The molecular formula is C44H84N10O15. The van der Waals surface area contributed by atoms with Gasteiger partial charge < -0.3 is 91.9 Å². The molecule has 69 heavy (non-hydrogen) atoms. The zero-order valence-corrected chi connectivity index (χ0v) is 41.1. The van der Waals surface area contributed by atoms with Crippen molar-refractivity contribution in [1.82, 2.24) is 42.5 Å². The molecule has 0 aliphatic carbocycles. The van der Waals surface area contributed by atoms with E-state index in [1.165, 1.54) is 0 Å². The SMILES string of the molecule is C=C(COCCOCCNC(=O)COCCOCCNC(=O)CCCC(=O)NCCOCCOCC(=O)NCCOCCOCC(=O)NCCCC[C@H](NC)C(N)=O)NCCCC[C@H](NC)C(N)=O. The molecule has 0 bridgehead atoms. The smallest absolute Gasteiger partial charge is 0.246 e. The number of nitrogens with two attached hydrogens (primary N) is 2. The minimum atomic E-state index is -0.398. The number of amides is 7. The number of nitrogens with one attached hydrogen (secondary N) is 8. The summed E-state index contributed by atoms with van der Waals surface area (Å²) in [4.78, 5) is 82.1. The van der Waals surface area contributed by atoms with Crippen molar-refractivity contribution in [3.63, 3.8) is 0 Å². The van der Waals surface area contributed by atoms with Crippen LogP contribution in [0.3, 0.4) is 0 Å². The van der Waals surface area contributed by atoms with Crippen LogP contribution in [0.4, 0.5) is 0 Å². The Labute approximate surface area is 407 Å². The van der Waals surface area contributed by atoms with Crippen molar-refractivity contribution >= 4 is 41.4 Å². The maximum atomic E-state index is 12.1. The van der Waals surface area contributed by atoms with Crippen molar-refractivity contribution in [2.45, 2.75) is 69.9 Å². The van der Waals surface area contributed by atoms with Crippen molar-refractivity contribution in [3.8, 4) is 0 Å². The number of carbonyl (C=O) groups is 7. The fourth-order valence-electron chi connectivity index (χ4n) is 5.71. The Bertz CT molecular complexity index is 1300. The molecule has 0 heterocycles. The van der Waals surface area contributed by atoms with Gasteiger partial charge in [0, 0.05) is 57.8 Å². The summed E-state index contributed by atoms with van der Waals surface area (Å²) in [6.45, 7) is 9.57. The predicted molar refractivity (Wildman–Crippen MR) is 254 cm³/mol. The van der Waals surface area contributed by atoms with Gasteiger partial charge >= 0.3 is 0 Å². The molecule has 12 N–H and O–H groups in total. The summed E-state index contributed by atoms with van der Waals surface area (Å²) in [6, 6.07) is -0.684. The monoisotopic (exact) mass is 993 g/mol. The van der Waals surface area contributed by atoms with E-state index >= 15 is 0 Å². The molecular weight excluding hydrogens is 909 g/mol. The Morgan fingerprint density at radius 3 is 1.03 bits per heavy atom. The van der Waals surface area contributed by atoms with E-state index in [0.717, 1.165) is 31.5 Å². The molecule has 0 aromatic heterocycles. The van der Waals surface area contributed by atoms with E-state index in [1.807, 2.05) is 0 Å². The molecule has 400 valence electrons. The van der Waals surface area contributed by atoms with Gasteiger partial charge in [-0.2, -0.15) is 0 Å². The molecule has 0 fully saturated rings. The van der Waals surface area contributed by atoms with Crippen LogP contribution >= 0.6 is 0 Å². The highest BCUT2D eigenvalue weighted by Crippen LogP contribution is 2.01. The van der Waals surface area contributed by atoms with Crippen molar-refractivity contribution < 1.29 is 71.5 Å². The van der Waals surface area contributed by atoms with Crippen LogP contribution in [-0.2, 0) is 71.5 Å². The number of hydrogen-bond acceptors (Lipinski definition) is 18. The van der Waals surface area contributed by atoms with Crippen LogP contribution in [0, 0.1) is 0 Å². The molecule has 0 rings (SSSR count). The number of likely N-dealkylation sites (N-methyl/N-ethyl adjacent to an activating group) is 2. The topological polar surface area (TPSA) is 342 Å². The quantitative estimate of drug-likeness (QED) is 0.0264. The van der Waals surface area contributed by atoms with Gasteiger partial charge in [0.25, 0.3) is 0 Å². The first-order valence-corrected chi connectivity index (χ1v) is 23.7. The average molecular weight is 993 g/mol. The lowest BCUT2D eigenvalue weighted by Crippen LogP contribution is -2.39. The number of primary amides is 2. The van der Waals surface area contributed by atoms with Crippen molar-refractivity contribution in [3.05, 3.63) is 12.3 Å². The van der Waals surface area contributed by atoms with Gasteiger partial charge in [0.15, 0.2) is 0 Å². The second kappa shape index (κ2) is 47.1. The Hall–Kier alpha value is -4.57. The van der Waals surface area contributed by atoms with Crippen LogP contribution in [0.2, 0.25) is 0 Å². The van der Waals surface area contributed by atoms with Gasteiger partial charge in [0.1, 0.15) is 19.8 Å². The van der Waals surface area contributed by atoms with Crippen LogP contribution in [0.5, 0.6) is 0 Å². The highest BCUT2D eigenvalue weighted by atomic mass is 16.5. The Kier molecular flexibility index (Phi) is 44.0. The van der Waals surface area contributed by atoms with Gasteiger partial charge in [-0.15, -0.1) is 0 Å². The summed E-state index contributed by atoms with van der Waals surface area (Å²) < 4.78 is 43.0. The van der Waals surface area contributed by atoms with Gasteiger partial charge in [-0.25, -0.2) is 0 Å². The van der Waals surface area contributed by atoms with Crippen LogP contribution in [0.1, 0.15) is 57.8 Å². The van der Waals surface area contributed by atoms with Crippen molar-refractivity contribution in [2.24, 2.45) is 11.5 Å². The third-order valence-electron chi connectivity index (χ3n) is 9.47. The summed E-state index contributed by atoms with van der Waals surface area (Å²) in [5, 5.41) is 22.5. The first-order valence-electron chi connectivity index (χ1n) is 23.7. The van der Waals surface area contributed by atoms with Crippen molar-refractivity contribution in [1.29, 1.82) is 0 Å². The number of ether oxygens (including phenoxy) is 8. The van der Waals surface area contributed by atoms with Gasteiger partial charge in [-0.1, -0.05) is 6.58 Å². The van der Waals surface area contributed by atoms with Crippen LogP contribution in [0.25, 0.3) is 0 Å². The van der Waals surface area contributed by atoms with Crippen molar-refractivity contribution in [2.75, 3.05) is 159 Å². The number of rotatable bonds is 51. The van der Waals surface area contributed by atoms with Gasteiger partial charge in [-0.05, 0) is 59.0 Å². The van der Waals surface area contributed by atoms with Crippen LogP contribution in [0.15, 0.2) is 12.3 Å². The number of unbranched alkanes of at least 4 members (excludes halogenated alkanes) is 2. The minimum Gasteiger partial charge on any atom is -0.387 e. The molecule has 7 amide bonds. The lowest BCUT2D eigenvalue weighted by atomic mass is 10.1. The van der Waals surface area contributed by atoms with E-state index in [9.17, 15) is 33.6 Å². The average Bonchev–Trinajstić information content (AvgIpc) is 3.31. The maximum absolute atomic E-state index is 12.1. The normalized spacial score (nSPS) is 11.9. The first kappa shape index (κ1) is 64.4. The molecule has 0 spiro atoms. The summed E-state index contributed by atoms with van der Waals surface area (Å²) >= 11 is 0. The Morgan fingerprint density at radius 1 is 0.377 bits per heavy atom. The molecule has 0 saturated carbocycles. The third kappa shape index (κ3) is 44.4. The summed E-state index contributed by atoms with van der Waals surface area (Å²) in [5.41, 5.74) is 11.3. The Balaban J connectivity index is 3.48. The molecule has 0 aromatic carbocycles. The van der Waals surface area contributed by atoms with E-state index in [1.54, 1.807) is 14.1 Å². The second-order valence-electron chi connectivity index (χ2n) is 15.3. The fraction of sp³-hybridized carbons (Fsp3) is 0.795. The standard InChI is InChI=1S/C44H84N10O15/c1-35(49-13-6-4-9-36(47-2)43(45)60)31-66-27-23-64-21-17-53-41(58)33-68-29-24-62-19-15-51-38(55)11-8-12-39(56)52-16-20-63-25-30-69-34-42(59)54-18-22-65-26-28-67-32-40(57)50-14-7-5-10-37(48-3)44(46)61/h36-37,47-49H,1,4-34H2,2-3H3,(H2,45,60)(H2,46,61)(H,50,57)(H,51,55)(H,52,56)(H,53,58)(H,54,59)/t36-,37-/m0/s1. The van der Waals surface area contributed by atoms with E-state index in [-0.39, 0.29) is 146 Å². The summed E-state index contributed by atoms with van der Waals surface area (Å²) in [7, 11) is 3.39. The van der Waals surface area contributed by atoms with E-state index in [4.69, 9.17) is 49.4 Å². The zero-order valence-electron chi connectivity index (χ0n) is 41.1. The van der Waals surface area contributed by atoms with Crippen LogP contribution < -0.4 is 54.0 Å². The molecule has 0 saturated heterocycles. The van der Waals surface area contributed by atoms with E-state index in [0.29, 0.717) is 78.3 Å². The second-order valence-corrected chi connectivity index (χ2v) is 15.3. The molecule has 0 unspecified atom stereocenters. The minimum absolute atomic E-state index is 0.0926. The maximum Gasteiger partial charge on any atom is 0.246 e. The molecule has 0 aromatic rings. The summed E-state index contributed by atoms with van der Waals surface area (Å²) in [6.07, 6.45) is 5.23. The summed E-state index contributed by atoms with van der Waals surface area (Å²) in [5.74, 6) is -1.97. The van der Waals surface area contributed by atoms with E-state index < -0.39 is 5.91 Å². The van der Waals surface area contributed by atoms with Gasteiger partial charge in [0.2, 0.25) is 41.4 Å². The first-order chi connectivity index (χ1) is 33.4. The largest absolute Gasteiger partial charge is 0.387 e. The lowest BCUT2D eigenvalue weighted by Gasteiger charge is -2.13. The molecule has 0 aliphatic rings. The highest BCUT2D eigenvalue weighted by molar-refractivity contribution is 5.80. The molecule has 25 heteroatoms. The van der Waals surface area contributed by atoms with E-state index in [2.05, 4.69) is 49.1 Å². The lowest BCUT2D eigenvalue weighted by molar-refractivity contribution is -0.127. The molecule has 25 nitrogen and oxygen atoms in total. The molecule has 0 aliphatic heterocycles. The molecule has 0 radical (unpaired) electrons. The fourth-order valence-corrected chi connectivity index (χ4v) is 5.71. The number of carbonyl (C=O) groups excluding carboxylic acids is 7. The zero-order chi connectivity index (χ0) is 51.0. The molecule has 2 atom stereocenters. The Morgan fingerprint density at radius 2 is 0.681 bits per heavy atom. The predicted octanol–water partition coefficient (Wildman–Crippen LogP) is -3.54. The number of hydrogen-bond donors (Lipinski definition) is 10. The van der Waals surface area contributed by atoms with Crippen LogP contribution in [-0.4, -0.2) is 213 Å². The van der Waals surface area contributed by atoms with Gasteiger partial charge in [-0.3, -0.25) is 33.6 Å². The van der Waals surface area contributed by atoms with Gasteiger partial charge in [0.05, 0.1) is 98.0 Å². The highest BCUT2D eigenvalue weighted by Gasteiger charge is 2.13.